The predicted molar refractivity (Wildman–Crippen MR) is 83.8 cm³/mol. The quantitative estimate of drug-likeness (QED) is 0.903. The fraction of sp³-hybridized carbons (Fsp3) is 0.688. The number of anilines is 1. The van der Waals surface area contributed by atoms with Crippen LogP contribution in [0.25, 0.3) is 0 Å². The second-order valence-corrected chi connectivity index (χ2v) is 6.57. The Balaban J connectivity index is 3.24. The molecular formula is C16H29N3. The predicted octanol–water partition coefficient (Wildman–Crippen LogP) is 3.29. The van der Waals surface area contributed by atoms with Crippen molar-refractivity contribution in [3.63, 3.8) is 0 Å². The van der Waals surface area contributed by atoms with Gasteiger partial charge in [0, 0.05) is 30.9 Å². The van der Waals surface area contributed by atoms with Crippen molar-refractivity contribution in [3.05, 3.63) is 22.9 Å². The Morgan fingerprint density at radius 1 is 1.32 bits per heavy atom. The van der Waals surface area contributed by atoms with Crippen LogP contribution < -0.4 is 10.2 Å². The molecule has 1 N–H and O–H groups in total. The summed E-state index contributed by atoms with van der Waals surface area (Å²) in [7, 11) is 4.13. The molecule has 19 heavy (non-hydrogen) atoms. The van der Waals surface area contributed by atoms with Gasteiger partial charge in [0.05, 0.1) is 0 Å². The van der Waals surface area contributed by atoms with Gasteiger partial charge in [0.1, 0.15) is 5.82 Å². The normalized spacial score (nSPS) is 13.5. The lowest BCUT2D eigenvalue weighted by Gasteiger charge is -2.37. The number of pyridine rings is 1. The van der Waals surface area contributed by atoms with Crippen molar-refractivity contribution in [3.8, 4) is 0 Å². The van der Waals surface area contributed by atoms with Crippen LogP contribution in [0.3, 0.4) is 0 Å². The van der Waals surface area contributed by atoms with Gasteiger partial charge in [-0.15, -0.1) is 0 Å². The molecule has 3 heteroatoms. The van der Waals surface area contributed by atoms with Gasteiger partial charge in [-0.25, -0.2) is 4.98 Å². The molecule has 0 saturated heterocycles. The highest BCUT2D eigenvalue weighted by atomic mass is 15.2. The maximum Gasteiger partial charge on any atom is 0.133 e. The zero-order chi connectivity index (χ0) is 14.8. The monoisotopic (exact) mass is 263 g/mol. The number of hydrogen-bond acceptors (Lipinski definition) is 3. The van der Waals surface area contributed by atoms with E-state index >= 15 is 0 Å². The molecule has 0 fully saturated rings. The standard InChI is InChI=1S/C16H29N3/c1-11-9-12(2)18-15(14(11)10-17-7)19(8)13(3)16(4,5)6/h9,13,17H,10H2,1-8H3. The molecule has 108 valence electrons. The van der Waals surface area contributed by atoms with Crippen LogP contribution in [0.2, 0.25) is 0 Å². The molecule has 0 spiro atoms. The number of hydrogen-bond donors (Lipinski definition) is 1. The third-order valence-corrected chi connectivity index (χ3v) is 3.98. The van der Waals surface area contributed by atoms with Crippen LogP contribution in [-0.2, 0) is 6.54 Å². The maximum atomic E-state index is 4.77. The molecular weight excluding hydrogens is 234 g/mol. The van der Waals surface area contributed by atoms with Crippen LogP contribution in [-0.4, -0.2) is 25.1 Å². The van der Waals surface area contributed by atoms with Gasteiger partial charge >= 0.3 is 0 Å². The Bertz CT molecular complexity index is 432. The van der Waals surface area contributed by atoms with Crippen LogP contribution in [0.1, 0.15) is 44.5 Å². The van der Waals surface area contributed by atoms with Crippen molar-refractivity contribution in [1.82, 2.24) is 10.3 Å². The fourth-order valence-corrected chi connectivity index (χ4v) is 2.29. The molecule has 0 saturated carbocycles. The molecule has 1 atom stereocenters. The molecule has 0 aliphatic heterocycles. The Hall–Kier alpha value is -1.09. The van der Waals surface area contributed by atoms with E-state index in [0.29, 0.717) is 6.04 Å². The highest BCUT2D eigenvalue weighted by molar-refractivity contribution is 5.52. The Kier molecular flexibility index (Phi) is 4.97. The summed E-state index contributed by atoms with van der Waals surface area (Å²) in [6.07, 6.45) is 0. The minimum atomic E-state index is 0.227. The van der Waals surface area contributed by atoms with Gasteiger partial charge in [-0.3, -0.25) is 0 Å². The van der Waals surface area contributed by atoms with Gasteiger partial charge in [-0.2, -0.15) is 0 Å². The second kappa shape index (κ2) is 5.91. The largest absolute Gasteiger partial charge is 0.356 e. The molecule has 1 rings (SSSR count). The van der Waals surface area contributed by atoms with Gasteiger partial charge in [0.25, 0.3) is 0 Å². The van der Waals surface area contributed by atoms with E-state index in [0.717, 1.165) is 18.1 Å². The first-order valence-corrected chi connectivity index (χ1v) is 7.03. The second-order valence-electron chi connectivity index (χ2n) is 6.57. The molecule has 0 aromatic carbocycles. The van der Waals surface area contributed by atoms with E-state index in [1.54, 1.807) is 0 Å². The average Bonchev–Trinajstić information content (AvgIpc) is 2.29. The van der Waals surface area contributed by atoms with E-state index in [4.69, 9.17) is 4.98 Å². The van der Waals surface area contributed by atoms with Gasteiger partial charge in [-0.05, 0) is 44.9 Å². The number of nitrogens with zero attached hydrogens (tertiary/aromatic N) is 2. The van der Waals surface area contributed by atoms with Gasteiger partial charge in [0.15, 0.2) is 0 Å². The first-order valence-electron chi connectivity index (χ1n) is 7.03. The molecule has 0 aliphatic rings. The number of aromatic nitrogens is 1. The molecule has 0 amide bonds. The van der Waals surface area contributed by atoms with Crippen LogP contribution in [0.4, 0.5) is 5.82 Å². The SMILES string of the molecule is CNCc1c(C)cc(C)nc1N(C)C(C)C(C)(C)C. The zero-order valence-corrected chi connectivity index (χ0v) is 13.8. The lowest BCUT2D eigenvalue weighted by Crippen LogP contribution is -2.40. The minimum Gasteiger partial charge on any atom is -0.356 e. The summed E-state index contributed by atoms with van der Waals surface area (Å²) in [6, 6.07) is 2.59. The van der Waals surface area contributed by atoms with Gasteiger partial charge in [-0.1, -0.05) is 20.8 Å². The van der Waals surface area contributed by atoms with Crippen LogP contribution in [0.15, 0.2) is 6.07 Å². The van der Waals surface area contributed by atoms with Crippen LogP contribution in [0, 0.1) is 19.3 Å². The van der Waals surface area contributed by atoms with Crippen molar-refractivity contribution < 1.29 is 0 Å². The summed E-state index contributed by atoms with van der Waals surface area (Å²) < 4.78 is 0. The van der Waals surface area contributed by atoms with Crippen molar-refractivity contribution >= 4 is 5.82 Å². The average molecular weight is 263 g/mol. The van der Waals surface area contributed by atoms with E-state index in [9.17, 15) is 0 Å². The number of rotatable bonds is 4. The number of nitrogens with one attached hydrogen (secondary N) is 1. The smallest absolute Gasteiger partial charge is 0.133 e. The van der Waals surface area contributed by atoms with Gasteiger partial charge < -0.3 is 10.2 Å². The van der Waals surface area contributed by atoms with Crippen LogP contribution >= 0.6 is 0 Å². The highest BCUT2D eigenvalue weighted by Gasteiger charge is 2.26. The van der Waals surface area contributed by atoms with Crippen molar-refractivity contribution in [2.75, 3.05) is 19.0 Å². The summed E-state index contributed by atoms with van der Waals surface area (Å²) in [5, 5.41) is 3.25. The first kappa shape index (κ1) is 16.0. The third kappa shape index (κ3) is 3.69. The first-order chi connectivity index (χ1) is 8.68. The van der Waals surface area contributed by atoms with E-state index in [1.807, 2.05) is 7.05 Å². The molecule has 0 radical (unpaired) electrons. The molecule has 1 aromatic heterocycles. The fourth-order valence-electron chi connectivity index (χ4n) is 2.29. The summed E-state index contributed by atoms with van der Waals surface area (Å²) >= 11 is 0. The third-order valence-electron chi connectivity index (χ3n) is 3.98. The van der Waals surface area contributed by atoms with E-state index < -0.39 is 0 Å². The van der Waals surface area contributed by atoms with Crippen molar-refractivity contribution in [2.45, 2.75) is 54.1 Å². The van der Waals surface area contributed by atoms with E-state index in [1.165, 1.54) is 11.1 Å². The summed E-state index contributed by atoms with van der Waals surface area (Å²) in [4.78, 5) is 7.09. The van der Waals surface area contributed by atoms with Gasteiger partial charge in [0.2, 0.25) is 0 Å². The molecule has 1 heterocycles. The lowest BCUT2D eigenvalue weighted by atomic mass is 9.87. The lowest BCUT2D eigenvalue weighted by molar-refractivity contribution is 0.328. The summed E-state index contributed by atoms with van der Waals surface area (Å²) in [6.45, 7) is 14.2. The number of aryl methyl sites for hydroxylation is 2. The molecule has 1 aromatic rings. The Morgan fingerprint density at radius 3 is 2.37 bits per heavy atom. The zero-order valence-electron chi connectivity index (χ0n) is 13.8. The molecule has 1 unspecified atom stereocenters. The van der Waals surface area contributed by atoms with Crippen LogP contribution in [0.5, 0.6) is 0 Å². The van der Waals surface area contributed by atoms with E-state index in [2.05, 4.69) is 64.9 Å². The topological polar surface area (TPSA) is 28.2 Å². The van der Waals surface area contributed by atoms with Crippen molar-refractivity contribution in [1.29, 1.82) is 0 Å². The molecule has 0 aliphatic carbocycles. The van der Waals surface area contributed by atoms with Crippen molar-refractivity contribution in [2.24, 2.45) is 5.41 Å². The van der Waals surface area contributed by atoms with E-state index in [-0.39, 0.29) is 5.41 Å². The Morgan fingerprint density at radius 2 is 1.89 bits per heavy atom. The Labute approximate surface area is 118 Å². The minimum absolute atomic E-state index is 0.227. The molecule has 3 nitrogen and oxygen atoms in total. The summed E-state index contributed by atoms with van der Waals surface area (Å²) in [5.74, 6) is 1.11. The highest BCUT2D eigenvalue weighted by Crippen LogP contribution is 2.29. The summed E-state index contributed by atoms with van der Waals surface area (Å²) in [5.41, 5.74) is 3.92. The maximum absolute atomic E-state index is 4.77. The molecule has 0 bridgehead atoms.